The molecule has 0 fully saturated rings. The van der Waals surface area contributed by atoms with E-state index in [1.165, 1.54) is 38.6 Å². The standard InChI is InChI=1S/C63H42B2N2O4/c1-63(2)47-25-13-12-24-45(47)46-31-30-40(32-48(46)63)67-53-28-16-14-26-49(53)64-51-37-52-58(71-60-36-44(69-42-22-10-5-11-23-42)35-59-62(60)65(52)50-27-15-17-29-57(50)70-59)38-54(51)66(39-18-6-3-7-19-39)55-33-43(34-56(67)61(55)64)68-41-20-8-4-9-21-41/h3-38H,1-2H3. The number of para-hydroxylation sites is 5. The minimum Gasteiger partial charge on any atom is -0.458 e. The Hall–Kier alpha value is -8.87. The molecule has 0 N–H and O–H groups in total. The van der Waals surface area contributed by atoms with Gasteiger partial charge in [-0.25, -0.2) is 0 Å². The van der Waals surface area contributed by atoms with Crippen LogP contribution in [0.3, 0.4) is 0 Å². The Morgan fingerprint density at radius 3 is 1.65 bits per heavy atom. The summed E-state index contributed by atoms with van der Waals surface area (Å²) >= 11 is 0. The van der Waals surface area contributed by atoms with E-state index in [1.54, 1.807) is 0 Å². The number of rotatable bonds is 6. The van der Waals surface area contributed by atoms with Gasteiger partial charge in [-0.2, -0.15) is 0 Å². The van der Waals surface area contributed by atoms with Gasteiger partial charge in [0.15, 0.2) is 0 Å². The highest BCUT2D eigenvalue weighted by molar-refractivity contribution is 7.02. The predicted molar refractivity (Wildman–Crippen MR) is 289 cm³/mol. The molecule has 0 atom stereocenters. The first kappa shape index (κ1) is 40.1. The van der Waals surface area contributed by atoms with Crippen molar-refractivity contribution >= 4 is 80.3 Å². The first-order valence-corrected chi connectivity index (χ1v) is 24.4. The van der Waals surface area contributed by atoms with Crippen molar-refractivity contribution in [2.45, 2.75) is 19.3 Å². The molecule has 0 aromatic heterocycles. The van der Waals surface area contributed by atoms with Crippen LogP contribution in [0.5, 0.6) is 46.0 Å². The molecule has 71 heavy (non-hydrogen) atoms. The molecule has 6 nitrogen and oxygen atoms in total. The van der Waals surface area contributed by atoms with Crippen molar-refractivity contribution < 1.29 is 18.9 Å². The van der Waals surface area contributed by atoms with Crippen molar-refractivity contribution in [1.29, 1.82) is 0 Å². The van der Waals surface area contributed by atoms with Gasteiger partial charge < -0.3 is 28.7 Å². The van der Waals surface area contributed by atoms with Crippen molar-refractivity contribution in [3.63, 3.8) is 0 Å². The molecule has 0 radical (unpaired) electrons. The summed E-state index contributed by atoms with van der Waals surface area (Å²) in [6.07, 6.45) is 0. The summed E-state index contributed by atoms with van der Waals surface area (Å²) < 4.78 is 27.3. The van der Waals surface area contributed by atoms with E-state index >= 15 is 0 Å². The molecule has 0 unspecified atom stereocenters. The minimum atomic E-state index is -0.181. The lowest BCUT2D eigenvalue weighted by molar-refractivity contribution is 0.443. The Morgan fingerprint density at radius 2 is 0.915 bits per heavy atom. The smallest absolute Gasteiger partial charge is 0.260 e. The first-order chi connectivity index (χ1) is 34.9. The quantitative estimate of drug-likeness (QED) is 0.155. The molecule has 0 saturated carbocycles. The summed E-state index contributed by atoms with van der Waals surface area (Å²) in [5, 5.41) is 0. The molecule has 1 aliphatic carbocycles. The highest BCUT2D eigenvalue weighted by Gasteiger charge is 2.48. The van der Waals surface area contributed by atoms with Gasteiger partial charge in [-0.3, -0.25) is 0 Å². The van der Waals surface area contributed by atoms with Crippen LogP contribution in [-0.2, 0) is 5.41 Å². The van der Waals surface area contributed by atoms with Crippen LogP contribution in [0, 0.1) is 0 Å². The maximum absolute atomic E-state index is 7.17. The highest BCUT2D eigenvalue weighted by atomic mass is 16.5. The fourth-order valence-corrected chi connectivity index (χ4v) is 12.2. The molecule has 15 rings (SSSR count). The van der Waals surface area contributed by atoms with E-state index in [4.69, 9.17) is 18.9 Å². The molecule has 4 heterocycles. The van der Waals surface area contributed by atoms with Crippen molar-refractivity contribution in [2.24, 2.45) is 0 Å². The van der Waals surface area contributed by atoms with E-state index in [0.717, 1.165) is 85.0 Å². The number of anilines is 6. The second-order valence-corrected chi connectivity index (χ2v) is 19.6. The SMILES string of the molecule is CC1(C)c2ccccc2-c2ccc(N3c4ccccc4B4c5cc6c(cc5N(c5ccccc5)c5cc(Oc7ccccc7)cc3c54)Oc3cc(Oc4ccccc4)cc4c3B6c3ccccc3O4)cc21. The van der Waals surface area contributed by atoms with Gasteiger partial charge in [0.2, 0.25) is 0 Å². The largest absolute Gasteiger partial charge is 0.458 e. The molecule has 5 aliphatic rings. The van der Waals surface area contributed by atoms with E-state index in [1.807, 2.05) is 78.9 Å². The maximum Gasteiger partial charge on any atom is 0.260 e. The zero-order chi connectivity index (χ0) is 47.0. The van der Waals surface area contributed by atoms with E-state index in [9.17, 15) is 0 Å². The zero-order valence-electron chi connectivity index (χ0n) is 39.0. The van der Waals surface area contributed by atoms with Gasteiger partial charge >= 0.3 is 0 Å². The first-order valence-electron chi connectivity index (χ1n) is 24.4. The molecule has 8 heteroatoms. The number of hydrogen-bond acceptors (Lipinski definition) is 6. The van der Waals surface area contributed by atoms with E-state index in [0.29, 0.717) is 11.5 Å². The summed E-state index contributed by atoms with van der Waals surface area (Å²) in [5.41, 5.74) is 18.3. The van der Waals surface area contributed by atoms with Gasteiger partial charge in [0.1, 0.15) is 46.0 Å². The van der Waals surface area contributed by atoms with Crippen LogP contribution in [0.15, 0.2) is 218 Å². The summed E-state index contributed by atoms with van der Waals surface area (Å²) in [6, 6.07) is 77.1. The average Bonchev–Trinajstić information content (AvgIpc) is 3.64. The predicted octanol–water partition coefficient (Wildman–Crippen LogP) is 12.4. The maximum atomic E-state index is 7.17. The molecule has 0 spiro atoms. The van der Waals surface area contributed by atoms with E-state index < -0.39 is 0 Å². The summed E-state index contributed by atoms with van der Waals surface area (Å²) in [7, 11) is 0. The molecular formula is C63H42B2N2O4. The lowest BCUT2D eigenvalue weighted by atomic mass is 9.31. The third-order valence-corrected chi connectivity index (χ3v) is 15.2. The Labute approximate surface area is 413 Å². The summed E-state index contributed by atoms with van der Waals surface area (Å²) in [4.78, 5) is 4.89. The normalized spacial score (nSPS) is 14.3. The Morgan fingerprint density at radius 1 is 0.352 bits per heavy atom. The number of benzene rings is 10. The molecule has 0 saturated heterocycles. The summed E-state index contributed by atoms with van der Waals surface area (Å²) in [6.45, 7) is 4.40. The number of ether oxygens (including phenoxy) is 4. The summed E-state index contributed by atoms with van der Waals surface area (Å²) in [5.74, 6) is 5.94. The van der Waals surface area contributed by atoms with Crippen LogP contribution in [0.4, 0.5) is 34.1 Å². The average molecular weight is 913 g/mol. The highest BCUT2D eigenvalue weighted by Crippen LogP contribution is 2.52. The van der Waals surface area contributed by atoms with Gasteiger partial charge in [-0.1, -0.05) is 141 Å². The van der Waals surface area contributed by atoms with Crippen molar-refractivity contribution in [2.75, 3.05) is 9.80 Å². The van der Waals surface area contributed by atoms with Gasteiger partial charge in [0.25, 0.3) is 13.4 Å². The Kier molecular flexibility index (Phi) is 8.50. The van der Waals surface area contributed by atoms with E-state index in [-0.39, 0.29) is 18.8 Å². The van der Waals surface area contributed by atoms with Gasteiger partial charge in [-0.15, -0.1) is 0 Å². The molecule has 0 bridgehead atoms. The van der Waals surface area contributed by atoms with Crippen molar-refractivity contribution in [1.82, 2.24) is 0 Å². The molecule has 10 aromatic carbocycles. The second kappa shape index (κ2) is 15.1. The second-order valence-electron chi connectivity index (χ2n) is 19.6. The number of nitrogens with zero attached hydrogens (tertiary/aromatic N) is 2. The van der Waals surface area contributed by atoms with Crippen LogP contribution in [-0.4, -0.2) is 13.4 Å². The lowest BCUT2D eigenvalue weighted by Gasteiger charge is -2.45. The third kappa shape index (κ3) is 5.98. The van der Waals surface area contributed by atoms with Gasteiger partial charge in [0, 0.05) is 75.3 Å². The molecule has 4 aliphatic heterocycles. The molecular weight excluding hydrogens is 870 g/mol. The van der Waals surface area contributed by atoms with Gasteiger partial charge in [-0.05, 0) is 110 Å². The van der Waals surface area contributed by atoms with Crippen LogP contribution in [0.1, 0.15) is 25.0 Å². The molecule has 334 valence electrons. The van der Waals surface area contributed by atoms with Crippen LogP contribution in [0.25, 0.3) is 11.1 Å². The Bertz CT molecular complexity index is 3840. The monoisotopic (exact) mass is 912 g/mol. The molecule has 10 aromatic rings. The third-order valence-electron chi connectivity index (χ3n) is 15.2. The van der Waals surface area contributed by atoms with Crippen LogP contribution in [0.2, 0.25) is 0 Å². The lowest BCUT2D eigenvalue weighted by Crippen LogP contribution is -2.63. The molecule has 0 amide bonds. The van der Waals surface area contributed by atoms with Crippen molar-refractivity contribution in [3.8, 4) is 57.1 Å². The van der Waals surface area contributed by atoms with Gasteiger partial charge in [0.05, 0.1) is 0 Å². The number of hydrogen-bond donors (Lipinski definition) is 0. The van der Waals surface area contributed by atoms with Crippen LogP contribution < -0.4 is 61.5 Å². The van der Waals surface area contributed by atoms with Crippen LogP contribution >= 0.6 is 0 Å². The number of fused-ring (bicyclic) bond motifs is 11. The van der Waals surface area contributed by atoms with E-state index in [2.05, 4.69) is 163 Å². The fourth-order valence-electron chi connectivity index (χ4n) is 12.2. The Balaban J connectivity index is 0.980. The topological polar surface area (TPSA) is 43.4 Å². The van der Waals surface area contributed by atoms with Crippen molar-refractivity contribution in [3.05, 3.63) is 230 Å². The zero-order valence-corrected chi connectivity index (χ0v) is 39.0. The minimum absolute atomic E-state index is 0.147. The fraction of sp³-hybridized carbons (Fsp3) is 0.0476.